The Balaban J connectivity index is 1.77. The predicted octanol–water partition coefficient (Wildman–Crippen LogP) is 3.26. The first-order valence-electron chi connectivity index (χ1n) is 10.9. The number of hydrogen-bond donors (Lipinski definition) is 2. The summed E-state index contributed by atoms with van der Waals surface area (Å²) in [5.41, 5.74) is 2.37. The zero-order chi connectivity index (χ0) is 24.3. The van der Waals surface area contributed by atoms with Gasteiger partial charge in [0.25, 0.3) is 0 Å². The molecule has 0 fully saturated rings. The van der Waals surface area contributed by atoms with Crippen LogP contribution in [0.15, 0.2) is 60.7 Å². The molecule has 1 unspecified atom stereocenters. The lowest BCUT2D eigenvalue weighted by Crippen LogP contribution is -2.25. The first-order chi connectivity index (χ1) is 15.7. The highest BCUT2D eigenvalue weighted by Gasteiger charge is 2.23. The highest BCUT2D eigenvalue weighted by atomic mass is 16.6. The van der Waals surface area contributed by atoms with Crippen LogP contribution in [-0.4, -0.2) is 61.9 Å². The Kier molecular flexibility index (Phi) is 10.4. The third-order valence-corrected chi connectivity index (χ3v) is 5.07. The number of ether oxygens (including phenoxy) is 4. The van der Waals surface area contributed by atoms with E-state index in [4.69, 9.17) is 24.1 Å². The lowest BCUT2D eigenvalue weighted by atomic mass is 9.78. The highest BCUT2D eigenvalue weighted by molar-refractivity contribution is 5.86. The average molecular weight is 459 g/mol. The first-order valence-corrected chi connectivity index (χ1v) is 10.9. The molecule has 33 heavy (non-hydrogen) atoms. The average Bonchev–Trinajstić information content (AvgIpc) is 2.81. The predicted molar refractivity (Wildman–Crippen MR) is 126 cm³/mol. The standard InChI is InChI=1S/C26H34O7/c1-19(2)25(29)33-18-22(28)17-30-15-16-32-24-11-7-21(8-12-24)26(3,4)20-5-9-23(10-6-20)31-14-13-27/h5-12,22,27-28H,1,13-18H2,2-4H3. The van der Waals surface area contributed by atoms with E-state index in [1.54, 1.807) is 6.92 Å². The van der Waals surface area contributed by atoms with Crippen LogP contribution in [0.4, 0.5) is 0 Å². The van der Waals surface area contributed by atoms with E-state index in [-0.39, 0.29) is 37.4 Å². The SMILES string of the molecule is C=C(C)C(=O)OCC(O)COCCOc1ccc(C(C)(C)c2ccc(OCCO)cc2)cc1. The van der Waals surface area contributed by atoms with Crippen LogP contribution in [0.25, 0.3) is 0 Å². The number of rotatable bonds is 14. The zero-order valence-electron chi connectivity index (χ0n) is 19.6. The van der Waals surface area contributed by atoms with E-state index >= 15 is 0 Å². The lowest BCUT2D eigenvalue weighted by Gasteiger charge is -2.26. The summed E-state index contributed by atoms with van der Waals surface area (Å²) >= 11 is 0. The van der Waals surface area contributed by atoms with Crippen LogP contribution in [0, 0.1) is 0 Å². The molecule has 2 N–H and O–H groups in total. The molecule has 0 amide bonds. The number of hydrogen-bond acceptors (Lipinski definition) is 7. The zero-order valence-corrected chi connectivity index (χ0v) is 19.6. The Labute approximate surface area is 195 Å². The smallest absolute Gasteiger partial charge is 0.333 e. The normalized spacial score (nSPS) is 12.2. The molecular weight excluding hydrogens is 424 g/mol. The lowest BCUT2D eigenvalue weighted by molar-refractivity contribution is -0.143. The summed E-state index contributed by atoms with van der Waals surface area (Å²) in [5, 5.41) is 18.6. The Morgan fingerprint density at radius 3 is 1.91 bits per heavy atom. The fourth-order valence-electron chi connectivity index (χ4n) is 3.05. The Morgan fingerprint density at radius 1 is 0.909 bits per heavy atom. The molecule has 0 heterocycles. The van der Waals surface area contributed by atoms with Gasteiger partial charge in [-0.25, -0.2) is 4.79 Å². The molecule has 180 valence electrons. The second kappa shape index (κ2) is 13.0. The van der Waals surface area contributed by atoms with Crippen molar-refractivity contribution in [2.45, 2.75) is 32.3 Å². The van der Waals surface area contributed by atoms with Crippen molar-refractivity contribution in [3.63, 3.8) is 0 Å². The summed E-state index contributed by atoms with van der Waals surface area (Å²) in [5.74, 6) is 0.921. The van der Waals surface area contributed by atoms with Crippen LogP contribution in [0.2, 0.25) is 0 Å². The van der Waals surface area contributed by atoms with Crippen molar-refractivity contribution in [2.75, 3.05) is 39.6 Å². The molecule has 0 aliphatic heterocycles. The molecule has 2 rings (SSSR count). The molecule has 0 radical (unpaired) electrons. The quantitative estimate of drug-likeness (QED) is 0.255. The van der Waals surface area contributed by atoms with Gasteiger partial charge in [0, 0.05) is 11.0 Å². The van der Waals surface area contributed by atoms with Gasteiger partial charge in [-0.3, -0.25) is 0 Å². The maximum Gasteiger partial charge on any atom is 0.333 e. The first kappa shape index (κ1) is 26.4. The molecule has 0 bridgehead atoms. The molecule has 0 aromatic heterocycles. The number of aliphatic hydroxyl groups excluding tert-OH is 2. The molecule has 7 nitrogen and oxygen atoms in total. The Bertz CT molecular complexity index is 873. The molecule has 0 saturated heterocycles. The summed E-state index contributed by atoms with van der Waals surface area (Å²) in [7, 11) is 0. The van der Waals surface area contributed by atoms with E-state index in [2.05, 4.69) is 20.4 Å². The summed E-state index contributed by atoms with van der Waals surface area (Å²) < 4.78 is 21.4. The van der Waals surface area contributed by atoms with E-state index < -0.39 is 12.1 Å². The maximum absolute atomic E-state index is 11.3. The van der Waals surface area contributed by atoms with Gasteiger partial charge in [-0.05, 0) is 42.3 Å². The van der Waals surface area contributed by atoms with Crippen molar-refractivity contribution in [1.29, 1.82) is 0 Å². The van der Waals surface area contributed by atoms with Crippen molar-refractivity contribution < 1.29 is 34.0 Å². The molecule has 2 aromatic carbocycles. The Hall–Kier alpha value is -2.87. The van der Waals surface area contributed by atoms with Crippen molar-refractivity contribution in [2.24, 2.45) is 0 Å². The third-order valence-electron chi connectivity index (χ3n) is 5.07. The monoisotopic (exact) mass is 458 g/mol. The van der Waals surface area contributed by atoms with Crippen LogP contribution in [0.5, 0.6) is 11.5 Å². The molecule has 0 aliphatic carbocycles. The molecule has 0 saturated carbocycles. The fourth-order valence-corrected chi connectivity index (χ4v) is 3.05. The van der Waals surface area contributed by atoms with Gasteiger partial charge in [0.15, 0.2) is 0 Å². The number of aliphatic hydroxyl groups is 2. The van der Waals surface area contributed by atoms with Crippen molar-refractivity contribution in [1.82, 2.24) is 0 Å². The Morgan fingerprint density at radius 2 is 1.42 bits per heavy atom. The van der Waals surface area contributed by atoms with E-state index in [1.165, 1.54) is 0 Å². The van der Waals surface area contributed by atoms with E-state index in [9.17, 15) is 9.90 Å². The van der Waals surface area contributed by atoms with Gasteiger partial charge in [-0.1, -0.05) is 44.7 Å². The number of benzene rings is 2. The fraction of sp³-hybridized carbons (Fsp3) is 0.423. The molecule has 2 aromatic rings. The molecule has 1 atom stereocenters. The van der Waals surface area contributed by atoms with Crippen LogP contribution in [-0.2, 0) is 19.7 Å². The summed E-state index contributed by atoms with van der Waals surface area (Å²) in [4.78, 5) is 11.3. The minimum absolute atomic E-state index is 0.0112. The van der Waals surface area contributed by atoms with E-state index in [1.807, 2.05) is 48.5 Å². The number of esters is 1. The molecule has 0 aliphatic rings. The van der Waals surface area contributed by atoms with Gasteiger partial charge in [-0.2, -0.15) is 0 Å². The van der Waals surface area contributed by atoms with E-state index in [0.717, 1.165) is 22.6 Å². The van der Waals surface area contributed by atoms with Crippen molar-refractivity contribution in [3.05, 3.63) is 71.8 Å². The topological polar surface area (TPSA) is 94.5 Å². The minimum atomic E-state index is -0.898. The molecule has 0 spiro atoms. The van der Waals surface area contributed by atoms with Crippen LogP contribution < -0.4 is 9.47 Å². The van der Waals surface area contributed by atoms with Gasteiger partial charge >= 0.3 is 5.97 Å². The summed E-state index contributed by atoms with van der Waals surface area (Å²) in [6.45, 7) is 10.1. The molecule has 7 heteroatoms. The second-order valence-corrected chi connectivity index (χ2v) is 8.20. The minimum Gasteiger partial charge on any atom is -0.491 e. The van der Waals surface area contributed by atoms with Crippen molar-refractivity contribution >= 4 is 5.97 Å². The number of carbonyl (C=O) groups excluding carboxylic acids is 1. The van der Waals surface area contributed by atoms with Crippen molar-refractivity contribution in [3.8, 4) is 11.5 Å². The summed E-state index contributed by atoms with van der Waals surface area (Å²) in [6, 6.07) is 15.8. The second-order valence-electron chi connectivity index (χ2n) is 8.20. The van der Waals surface area contributed by atoms with E-state index in [0.29, 0.717) is 13.2 Å². The van der Waals surface area contributed by atoms with Gasteiger partial charge in [0.2, 0.25) is 0 Å². The van der Waals surface area contributed by atoms with Gasteiger partial charge in [-0.15, -0.1) is 0 Å². The third kappa shape index (κ3) is 8.53. The largest absolute Gasteiger partial charge is 0.491 e. The highest BCUT2D eigenvalue weighted by Crippen LogP contribution is 2.33. The van der Waals surface area contributed by atoms with Gasteiger partial charge in [0.05, 0.1) is 19.8 Å². The number of carbonyl (C=O) groups is 1. The van der Waals surface area contributed by atoms with Crippen LogP contribution in [0.3, 0.4) is 0 Å². The molecular formula is C26H34O7. The summed E-state index contributed by atoms with van der Waals surface area (Å²) in [6.07, 6.45) is -0.898. The van der Waals surface area contributed by atoms with Gasteiger partial charge < -0.3 is 29.2 Å². The van der Waals surface area contributed by atoms with Gasteiger partial charge in [0.1, 0.15) is 37.4 Å². The van der Waals surface area contributed by atoms with Crippen LogP contribution >= 0.6 is 0 Å². The maximum atomic E-state index is 11.3. The van der Waals surface area contributed by atoms with Crippen LogP contribution in [0.1, 0.15) is 31.9 Å².